The molecule has 0 amide bonds. The summed E-state index contributed by atoms with van der Waals surface area (Å²) in [4.78, 5) is 85.5. The van der Waals surface area contributed by atoms with Crippen LogP contribution < -0.4 is 28.4 Å². The number of anilines is 2. The molecular weight excluding hydrogens is 1040 g/mol. The zero-order chi connectivity index (χ0) is 53.1. The van der Waals surface area contributed by atoms with Crippen LogP contribution in [-0.2, 0) is 32.3 Å². The molecule has 4 aliphatic rings. The highest BCUT2D eigenvalue weighted by molar-refractivity contribution is 8.04. The fourth-order valence-electron chi connectivity index (χ4n) is 9.45. The highest BCUT2D eigenvalue weighted by atomic mass is 32.2. The number of thiazole rings is 2. The van der Waals surface area contributed by atoms with Crippen LogP contribution in [0.4, 0.5) is 11.4 Å². The number of carbonyl (C=O) groups is 6. The van der Waals surface area contributed by atoms with Crippen molar-refractivity contribution in [3.05, 3.63) is 186 Å². The Bertz CT molecular complexity index is 3680. The van der Waals surface area contributed by atoms with E-state index in [1.54, 1.807) is 48.6 Å². The maximum Gasteiger partial charge on any atom is 0.343 e. The van der Waals surface area contributed by atoms with Gasteiger partial charge in [-0.15, -0.1) is 0 Å². The minimum atomic E-state index is -0.798. The van der Waals surface area contributed by atoms with Crippen molar-refractivity contribution in [2.75, 3.05) is 22.9 Å². The number of allylic oxidation sites excluding steroid dienone is 6. The molecule has 4 heterocycles. The molecule has 0 fully saturated rings. The summed E-state index contributed by atoms with van der Waals surface area (Å²) in [6, 6.07) is 31.8. The van der Waals surface area contributed by atoms with Crippen molar-refractivity contribution >= 4 is 125 Å². The molecule has 2 aliphatic heterocycles. The highest BCUT2D eigenvalue weighted by Gasteiger charge is 2.40. The lowest BCUT2D eigenvalue weighted by Gasteiger charge is -2.18. The quantitative estimate of drug-likeness (QED) is 0.0389. The van der Waals surface area contributed by atoms with Crippen molar-refractivity contribution < 1.29 is 57.6 Å². The summed E-state index contributed by atoms with van der Waals surface area (Å²) in [5, 5.41) is 25.4. The van der Waals surface area contributed by atoms with Crippen LogP contribution in [-0.4, -0.2) is 58.4 Å². The lowest BCUT2D eigenvalue weighted by molar-refractivity contribution is -0.665. The Labute approximate surface area is 451 Å². The molecule has 0 spiro atoms. The first-order valence-electron chi connectivity index (χ1n) is 24.3. The maximum absolute atomic E-state index is 13.4. The Morgan fingerprint density at radius 2 is 0.921 bits per heavy atom. The molecule has 0 atom stereocenters. The molecule has 0 unspecified atom stereocenters. The molecule has 2 aromatic heterocycles. The summed E-state index contributed by atoms with van der Waals surface area (Å²) < 4.78 is 17.6. The van der Waals surface area contributed by atoms with E-state index in [4.69, 9.17) is 9.47 Å². The Kier molecular flexibility index (Phi) is 13.3. The minimum absolute atomic E-state index is 0.0574. The van der Waals surface area contributed by atoms with Crippen LogP contribution >= 0.6 is 46.2 Å². The van der Waals surface area contributed by atoms with Gasteiger partial charge in [0.15, 0.2) is 0 Å². The highest BCUT2D eigenvalue weighted by Crippen LogP contribution is 2.50. The number of ketones is 4. The Morgan fingerprint density at radius 3 is 1.30 bits per heavy atom. The summed E-state index contributed by atoms with van der Waals surface area (Å²) in [6.07, 6.45) is 6.21. The van der Waals surface area contributed by atoms with E-state index >= 15 is 0 Å². The number of esters is 2. The van der Waals surface area contributed by atoms with Crippen molar-refractivity contribution in [3.63, 3.8) is 0 Å². The van der Waals surface area contributed by atoms with Crippen molar-refractivity contribution in [2.45, 2.75) is 50.6 Å². The molecule has 11 rings (SSSR count). The number of nitrogens with zero attached hydrogens (tertiary/aromatic N) is 4. The van der Waals surface area contributed by atoms with Gasteiger partial charge in [-0.3, -0.25) is 19.2 Å². The van der Waals surface area contributed by atoms with Crippen molar-refractivity contribution in [2.24, 2.45) is 0 Å². The van der Waals surface area contributed by atoms with Gasteiger partial charge in [0, 0.05) is 47.2 Å². The number of thioether (sulfide) groups is 2. The molecule has 7 aromatic rings. The Balaban J connectivity index is 0.750. The van der Waals surface area contributed by atoms with Gasteiger partial charge in [-0.05, 0) is 113 Å². The zero-order valence-corrected chi connectivity index (χ0v) is 44.4. The largest absolute Gasteiger partial charge is 0.506 e. The number of Topliss-reactive ketones (excluding diaryl/α,β-unsaturated/α-hetero) is 4. The number of para-hydroxylation sites is 2. The normalized spacial score (nSPS) is 17.6. The number of benzene rings is 5. The smallest absolute Gasteiger partial charge is 0.343 e. The van der Waals surface area contributed by atoms with Gasteiger partial charge in [0.1, 0.15) is 45.5 Å². The van der Waals surface area contributed by atoms with Crippen LogP contribution in [0.25, 0.3) is 32.6 Å². The van der Waals surface area contributed by atoms with E-state index in [9.17, 15) is 39.0 Å². The summed E-state index contributed by atoms with van der Waals surface area (Å²) in [6.45, 7) is 10.1. The van der Waals surface area contributed by atoms with E-state index in [1.165, 1.54) is 82.6 Å². The van der Waals surface area contributed by atoms with Gasteiger partial charge in [0.25, 0.3) is 10.0 Å². The molecule has 0 saturated heterocycles. The average molecular weight is 1090 g/mol. The van der Waals surface area contributed by atoms with Crippen LogP contribution in [0.15, 0.2) is 175 Å². The third-order valence-corrected chi connectivity index (χ3v) is 17.6. The number of hydrogen-bond acceptors (Lipinski definition) is 16. The van der Waals surface area contributed by atoms with Crippen molar-refractivity contribution in [3.8, 4) is 11.5 Å². The van der Waals surface area contributed by atoms with Gasteiger partial charge in [0.2, 0.25) is 34.2 Å². The molecule has 0 saturated carbocycles. The number of carbonyl (C=O) groups excluding carboxylic acids is 6. The number of aliphatic hydroxyl groups is 2. The summed E-state index contributed by atoms with van der Waals surface area (Å²) in [5.41, 5.74) is 3.62. The van der Waals surface area contributed by atoms with Gasteiger partial charge >= 0.3 is 11.9 Å². The summed E-state index contributed by atoms with van der Waals surface area (Å²) in [7, 11) is 0. The van der Waals surface area contributed by atoms with E-state index in [0.29, 0.717) is 36.2 Å². The molecule has 378 valence electrons. The van der Waals surface area contributed by atoms with E-state index in [-0.39, 0.29) is 56.4 Å². The molecule has 2 N–H and O–H groups in total. The molecule has 0 bridgehead atoms. The first kappa shape index (κ1) is 50.0. The number of aliphatic hydroxyl groups excluding tert-OH is 2. The topological polar surface area (TPSA) is 176 Å². The predicted octanol–water partition coefficient (Wildman–Crippen LogP) is 10.8. The number of ether oxygens (including phenoxy) is 2. The fraction of sp³-hybridized carbons (Fsp3) is 0.138. The lowest BCUT2D eigenvalue weighted by atomic mass is 10.1. The van der Waals surface area contributed by atoms with Crippen molar-refractivity contribution in [1.82, 2.24) is 0 Å². The van der Waals surface area contributed by atoms with Crippen LogP contribution in [0.2, 0.25) is 0 Å². The lowest BCUT2D eigenvalue weighted by Crippen LogP contribution is -2.33. The Morgan fingerprint density at radius 1 is 0.526 bits per heavy atom. The first-order valence-corrected chi connectivity index (χ1v) is 27.5. The number of fused-ring (bicyclic) bond motifs is 4. The number of hydrogen-bond donors (Lipinski definition) is 2. The fourth-order valence-corrected chi connectivity index (χ4v) is 14.2. The zero-order valence-electron chi connectivity index (χ0n) is 41.1. The maximum atomic E-state index is 13.4. The van der Waals surface area contributed by atoms with Gasteiger partial charge in [-0.25, -0.2) is 9.59 Å². The second-order valence-electron chi connectivity index (χ2n) is 17.5. The number of aromatic nitrogens is 2. The van der Waals surface area contributed by atoms with E-state index < -0.39 is 35.1 Å². The minimum Gasteiger partial charge on any atom is -0.506 e. The third-order valence-electron chi connectivity index (χ3n) is 13.2. The SMILES string of the molecule is CCN1/C(=C/C2=C(O)C(=C\c3sc4ccccc4[n+]3CC)/C(=O)C2=O)Sc2cc(OC(=O)c3ccc(C(=O)Oc4ccc5c(c4)S/C(=C\C4=C(O)C(=C\c6sc7ccccc7[n+]6CC)/C(=O)C4=O)N5CC)cc3)ccc21. The second-order valence-corrected chi connectivity index (χ2v) is 21.8. The number of aryl methyl sites for hydroxylation is 2. The standard InChI is InChI=1S/C58H42N4O10S4/c1-5-59-39-13-9-11-15-43(39)73-47(59)27-35-51(63)37(55(67)53(35)65)29-49-61(7-3)41-23-21-33(25-45(41)75-49)71-57(69)31-17-19-32(20-18-31)58(70)72-34-22-24-42-46(26-34)76-50(62(42)8-4)30-38-52(64)36(54(66)56(38)68)28-48-60(6-2)40-14-10-12-16-44(40)74-48/h9-30H,5-8H2,1-4H3/p+2. The Hall–Kier alpha value is -8.16. The molecule has 76 heavy (non-hydrogen) atoms. The molecule has 2 aliphatic carbocycles. The number of rotatable bonds is 12. The van der Waals surface area contributed by atoms with Gasteiger partial charge < -0.3 is 29.5 Å². The average Bonchev–Trinajstić information content (AvgIpc) is 4.27. The third kappa shape index (κ3) is 8.75. The molecule has 18 heteroatoms. The molecular formula is C58H44N4O10S4+2. The van der Waals surface area contributed by atoms with Crippen LogP contribution in [0, 0.1) is 0 Å². The monoisotopic (exact) mass is 1080 g/mol. The summed E-state index contributed by atoms with van der Waals surface area (Å²) in [5.74, 6) is -4.74. The first-order chi connectivity index (χ1) is 36.8. The van der Waals surface area contributed by atoms with Crippen LogP contribution in [0.3, 0.4) is 0 Å². The van der Waals surface area contributed by atoms with E-state index in [2.05, 4.69) is 0 Å². The van der Waals surface area contributed by atoms with E-state index in [1.807, 2.05) is 95.2 Å². The van der Waals surface area contributed by atoms with Gasteiger partial charge in [-0.1, -0.05) is 70.5 Å². The molecule has 14 nitrogen and oxygen atoms in total. The van der Waals surface area contributed by atoms with Crippen LogP contribution in [0.5, 0.6) is 11.5 Å². The van der Waals surface area contributed by atoms with Crippen LogP contribution in [0.1, 0.15) is 58.4 Å². The molecule has 5 aromatic carbocycles. The van der Waals surface area contributed by atoms with Gasteiger partial charge in [-0.2, -0.15) is 9.13 Å². The molecule has 0 radical (unpaired) electrons. The van der Waals surface area contributed by atoms with Gasteiger partial charge in [0.05, 0.1) is 54.9 Å². The second kappa shape index (κ2) is 20.2. The van der Waals surface area contributed by atoms with E-state index in [0.717, 1.165) is 51.6 Å². The summed E-state index contributed by atoms with van der Waals surface area (Å²) >= 11 is 5.55. The van der Waals surface area contributed by atoms with Crippen molar-refractivity contribution in [1.29, 1.82) is 0 Å². The predicted molar refractivity (Wildman–Crippen MR) is 294 cm³/mol.